The third-order valence-corrected chi connectivity index (χ3v) is 3.64. The van der Waals surface area contributed by atoms with E-state index in [0.29, 0.717) is 5.82 Å². The smallest absolute Gasteiger partial charge is 0.221 e. The molecule has 1 saturated carbocycles. The van der Waals surface area contributed by atoms with Crippen molar-refractivity contribution in [3.8, 4) is 0 Å². The summed E-state index contributed by atoms with van der Waals surface area (Å²) in [5.41, 5.74) is 5.55. The Morgan fingerprint density at radius 3 is 2.94 bits per heavy atom. The number of hydrogen-bond donors (Lipinski definition) is 3. The number of aromatic nitrogens is 2. The Bertz CT molecular complexity index is 388. The SMILES string of the molecule is Nc1ncc(Br)c(NC2CCCCCC2O)n1. The van der Waals surface area contributed by atoms with Crippen LogP contribution in [-0.4, -0.2) is 27.2 Å². The van der Waals surface area contributed by atoms with E-state index in [1.54, 1.807) is 6.20 Å². The first-order chi connectivity index (χ1) is 8.16. The van der Waals surface area contributed by atoms with E-state index in [9.17, 15) is 5.11 Å². The van der Waals surface area contributed by atoms with Crippen molar-refractivity contribution < 1.29 is 5.11 Å². The van der Waals surface area contributed by atoms with E-state index in [-0.39, 0.29) is 18.1 Å². The van der Waals surface area contributed by atoms with Crippen molar-refractivity contribution in [1.82, 2.24) is 9.97 Å². The Labute approximate surface area is 109 Å². The summed E-state index contributed by atoms with van der Waals surface area (Å²) in [5.74, 6) is 0.891. The van der Waals surface area contributed by atoms with Crippen LogP contribution in [0.4, 0.5) is 11.8 Å². The molecule has 1 aliphatic carbocycles. The van der Waals surface area contributed by atoms with Crippen LogP contribution in [0.1, 0.15) is 32.1 Å². The van der Waals surface area contributed by atoms with Crippen molar-refractivity contribution in [2.75, 3.05) is 11.1 Å². The van der Waals surface area contributed by atoms with Gasteiger partial charge in [-0.3, -0.25) is 0 Å². The number of rotatable bonds is 2. The quantitative estimate of drug-likeness (QED) is 0.727. The van der Waals surface area contributed by atoms with Gasteiger partial charge in [0, 0.05) is 6.20 Å². The third-order valence-electron chi connectivity index (χ3n) is 3.06. The van der Waals surface area contributed by atoms with Crippen LogP contribution in [0.2, 0.25) is 0 Å². The normalized spacial score (nSPS) is 25.3. The molecular weight excluding hydrogens is 284 g/mol. The molecule has 0 spiro atoms. The van der Waals surface area contributed by atoms with Crippen LogP contribution in [0.15, 0.2) is 10.7 Å². The first-order valence-electron chi connectivity index (χ1n) is 5.89. The maximum Gasteiger partial charge on any atom is 0.221 e. The number of nitrogens with two attached hydrogens (primary N) is 1. The van der Waals surface area contributed by atoms with Gasteiger partial charge in [0.25, 0.3) is 0 Å². The molecule has 4 N–H and O–H groups in total. The Morgan fingerprint density at radius 1 is 1.35 bits per heavy atom. The first kappa shape index (κ1) is 12.6. The molecule has 0 radical (unpaired) electrons. The fourth-order valence-corrected chi connectivity index (χ4v) is 2.42. The number of halogens is 1. The molecule has 0 aromatic carbocycles. The van der Waals surface area contributed by atoms with E-state index in [1.165, 1.54) is 6.42 Å². The highest BCUT2D eigenvalue weighted by molar-refractivity contribution is 9.10. The molecule has 1 heterocycles. The van der Waals surface area contributed by atoms with Gasteiger partial charge in [0.2, 0.25) is 5.95 Å². The van der Waals surface area contributed by atoms with Crippen molar-refractivity contribution in [2.45, 2.75) is 44.2 Å². The number of nitrogens with one attached hydrogen (secondary N) is 1. The van der Waals surface area contributed by atoms with Crippen LogP contribution >= 0.6 is 15.9 Å². The van der Waals surface area contributed by atoms with Crippen LogP contribution in [-0.2, 0) is 0 Å². The molecule has 2 unspecified atom stereocenters. The topological polar surface area (TPSA) is 84.1 Å². The highest BCUT2D eigenvalue weighted by Gasteiger charge is 2.22. The minimum Gasteiger partial charge on any atom is -0.391 e. The average molecular weight is 301 g/mol. The number of nitrogens with zero attached hydrogens (tertiary/aromatic N) is 2. The lowest BCUT2D eigenvalue weighted by Gasteiger charge is -2.22. The first-order valence-corrected chi connectivity index (χ1v) is 6.69. The maximum atomic E-state index is 10.0. The number of aliphatic hydroxyl groups excluding tert-OH is 1. The minimum absolute atomic E-state index is 0.0445. The summed E-state index contributed by atoms with van der Waals surface area (Å²) in [6.45, 7) is 0. The van der Waals surface area contributed by atoms with Crippen LogP contribution < -0.4 is 11.1 Å². The highest BCUT2D eigenvalue weighted by Crippen LogP contribution is 2.25. The van der Waals surface area contributed by atoms with Crippen molar-refractivity contribution >= 4 is 27.7 Å². The van der Waals surface area contributed by atoms with Crippen LogP contribution in [0, 0.1) is 0 Å². The summed E-state index contributed by atoms with van der Waals surface area (Å²) >= 11 is 3.37. The summed E-state index contributed by atoms with van der Waals surface area (Å²) in [4.78, 5) is 8.02. The van der Waals surface area contributed by atoms with Gasteiger partial charge in [-0.05, 0) is 28.8 Å². The molecule has 1 aromatic rings. The zero-order chi connectivity index (χ0) is 12.3. The number of nitrogen functional groups attached to an aromatic ring is 1. The Kier molecular flexibility index (Phi) is 4.17. The van der Waals surface area contributed by atoms with Gasteiger partial charge in [-0.25, -0.2) is 4.98 Å². The molecule has 6 heteroatoms. The number of anilines is 2. The Morgan fingerprint density at radius 2 is 2.12 bits per heavy atom. The monoisotopic (exact) mass is 300 g/mol. The van der Waals surface area contributed by atoms with Gasteiger partial charge in [-0.1, -0.05) is 19.3 Å². The van der Waals surface area contributed by atoms with Gasteiger partial charge >= 0.3 is 0 Å². The molecule has 94 valence electrons. The fraction of sp³-hybridized carbons (Fsp3) is 0.636. The second-order valence-corrected chi connectivity index (χ2v) is 5.24. The lowest BCUT2D eigenvalue weighted by Crippen LogP contribution is -2.33. The lowest BCUT2D eigenvalue weighted by atomic mass is 10.1. The summed E-state index contributed by atoms with van der Waals surface area (Å²) in [6, 6.07) is 0.0445. The van der Waals surface area contributed by atoms with Crippen molar-refractivity contribution in [2.24, 2.45) is 0 Å². The summed E-state index contributed by atoms with van der Waals surface area (Å²) in [5, 5.41) is 13.3. The molecule has 0 saturated heterocycles. The van der Waals surface area contributed by atoms with Gasteiger partial charge in [-0.2, -0.15) is 4.98 Å². The largest absolute Gasteiger partial charge is 0.391 e. The second-order valence-electron chi connectivity index (χ2n) is 4.38. The summed E-state index contributed by atoms with van der Waals surface area (Å²) in [6.07, 6.45) is 6.50. The summed E-state index contributed by atoms with van der Waals surface area (Å²) in [7, 11) is 0. The van der Waals surface area contributed by atoms with E-state index in [4.69, 9.17) is 5.73 Å². The van der Waals surface area contributed by atoms with Gasteiger partial charge in [-0.15, -0.1) is 0 Å². The number of hydrogen-bond acceptors (Lipinski definition) is 5. The van der Waals surface area contributed by atoms with Crippen LogP contribution in [0.5, 0.6) is 0 Å². The predicted molar refractivity (Wildman–Crippen MR) is 70.6 cm³/mol. The molecule has 17 heavy (non-hydrogen) atoms. The predicted octanol–water partition coefficient (Wildman–Crippen LogP) is 1.93. The van der Waals surface area contributed by atoms with Crippen molar-refractivity contribution in [1.29, 1.82) is 0 Å². The molecule has 1 aliphatic rings. The van der Waals surface area contributed by atoms with E-state index in [2.05, 4.69) is 31.2 Å². The molecule has 0 bridgehead atoms. The third kappa shape index (κ3) is 3.29. The molecule has 1 fully saturated rings. The average Bonchev–Trinajstić information content (AvgIpc) is 2.50. The van der Waals surface area contributed by atoms with Crippen molar-refractivity contribution in [3.05, 3.63) is 10.7 Å². The van der Waals surface area contributed by atoms with Gasteiger partial charge in [0.15, 0.2) is 0 Å². The van der Waals surface area contributed by atoms with E-state index in [1.807, 2.05) is 0 Å². The second kappa shape index (κ2) is 5.64. The van der Waals surface area contributed by atoms with Crippen LogP contribution in [0.3, 0.4) is 0 Å². The van der Waals surface area contributed by atoms with E-state index >= 15 is 0 Å². The van der Waals surface area contributed by atoms with Gasteiger partial charge in [0.05, 0.1) is 16.6 Å². The Balaban J connectivity index is 2.10. The molecule has 0 amide bonds. The molecule has 2 atom stereocenters. The highest BCUT2D eigenvalue weighted by atomic mass is 79.9. The van der Waals surface area contributed by atoms with E-state index < -0.39 is 0 Å². The van der Waals surface area contributed by atoms with Gasteiger partial charge < -0.3 is 16.2 Å². The maximum absolute atomic E-state index is 10.0. The molecule has 5 nitrogen and oxygen atoms in total. The molecule has 0 aliphatic heterocycles. The molecular formula is C11H17BrN4O. The number of aliphatic hydroxyl groups is 1. The van der Waals surface area contributed by atoms with Crippen LogP contribution in [0.25, 0.3) is 0 Å². The zero-order valence-corrected chi connectivity index (χ0v) is 11.2. The van der Waals surface area contributed by atoms with E-state index in [0.717, 1.165) is 30.2 Å². The molecule has 2 rings (SSSR count). The minimum atomic E-state index is -0.319. The zero-order valence-electron chi connectivity index (χ0n) is 9.56. The Hall–Kier alpha value is -0.880. The lowest BCUT2D eigenvalue weighted by molar-refractivity contribution is 0.144. The fourth-order valence-electron chi connectivity index (χ4n) is 2.11. The molecule has 1 aromatic heterocycles. The van der Waals surface area contributed by atoms with Gasteiger partial charge in [0.1, 0.15) is 5.82 Å². The van der Waals surface area contributed by atoms with Crippen molar-refractivity contribution in [3.63, 3.8) is 0 Å². The summed E-state index contributed by atoms with van der Waals surface area (Å²) < 4.78 is 0.767. The standard InChI is InChI=1S/C11H17BrN4O/c12-7-6-14-11(13)16-10(7)15-8-4-2-1-3-5-9(8)17/h6,8-9,17H,1-5H2,(H3,13,14,15,16).